The van der Waals surface area contributed by atoms with Gasteiger partial charge in [-0.05, 0) is 62.8 Å². The Labute approximate surface area is 148 Å². The lowest BCUT2D eigenvalue weighted by molar-refractivity contribution is -0.126. The Morgan fingerprint density at radius 3 is 2.54 bits per heavy atom. The van der Waals surface area contributed by atoms with E-state index in [9.17, 15) is 13.2 Å². The maximum atomic E-state index is 12.8. The lowest BCUT2D eigenvalue weighted by atomic mass is 9.98. The highest BCUT2D eigenvalue weighted by atomic mass is 35.5. The smallest absolute Gasteiger partial charge is 0.243 e. The van der Waals surface area contributed by atoms with E-state index in [0.29, 0.717) is 23.9 Å². The zero-order chi connectivity index (χ0) is 17.3. The third-order valence-corrected chi connectivity index (χ3v) is 7.04. The first kappa shape index (κ1) is 17.7. The van der Waals surface area contributed by atoms with E-state index in [1.807, 2.05) is 6.92 Å². The molecule has 0 bridgehead atoms. The van der Waals surface area contributed by atoms with Crippen LogP contribution >= 0.6 is 11.6 Å². The zero-order valence-corrected chi connectivity index (χ0v) is 15.3. The molecule has 2 aliphatic rings. The van der Waals surface area contributed by atoms with Crippen LogP contribution in [0.4, 0.5) is 0 Å². The quantitative estimate of drug-likeness (QED) is 0.866. The summed E-state index contributed by atoms with van der Waals surface area (Å²) in [4.78, 5) is 12.7. The van der Waals surface area contributed by atoms with Crippen molar-refractivity contribution in [1.29, 1.82) is 0 Å². The molecule has 1 saturated carbocycles. The summed E-state index contributed by atoms with van der Waals surface area (Å²) < 4.78 is 26.9. The normalized spacial score (nSPS) is 23.7. The van der Waals surface area contributed by atoms with Crippen LogP contribution in [0.15, 0.2) is 29.2 Å². The van der Waals surface area contributed by atoms with Gasteiger partial charge in [0.05, 0.1) is 10.8 Å². The molecule has 1 N–H and O–H groups in total. The zero-order valence-electron chi connectivity index (χ0n) is 13.7. The van der Waals surface area contributed by atoms with Crippen LogP contribution in [-0.2, 0) is 14.8 Å². The second-order valence-electron chi connectivity index (χ2n) is 6.79. The summed E-state index contributed by atoms with van der Waals surface area (Å²) in [5, 5.41) is 3.55. The van der Waals surface area contributed by atoms with Gasteiger partial charge in [0.2, 0.25) is 15.9 Å². The topological polar surface area (TPSA) is 66.5 Å². The van der Waals surface area contributed by atoms with Gasteiger partial charge >= 0.3 is 0 Å². The van der Waals surface area contributed by atoms with Crippen LogP contribution < -0.4 is 5.32 Å². The van der Waals surface area contributed by atoms with E-state index < -0.39 is 10.0 Å². The second kappa shape index (κ2) is 7.02. The molecular weight excluding hydrogens is 348 g/mol. The molecule has 1 heterocycles. The van der Waals surface area contributed by atoms with Crippen molar-refractivity contribution in [2.45, 2.75) is 43.5 Å². The van der Waals surface area contributed by atoms with Gasteiger partial charge in [-0.15, -0.1) is 0 Å². The van der Waals surface area contributed by atoms with E-state index in [4.69, 9.17) is 11.6 Å². The number of carbonyl (C=O) groups is 1. The number of carbonyl (C=O) groups excluding carboxylic acids is 1. The lowest BCUT2D eigenvalue weighted by Crippen LogP contribution is -2.47. The fourth-order valence-electron chi connectivity index (χ4n) is 3.19. The minimum absolute atomic E-state index is 0.0228. The van der Waals surface area contributed by atoms with Crippen LogP contribution in [0.5, 0.6) is 0 Å². The number of piperidine rings is 1. The molecule has 3 rings (SSSR count). The minimum Gasteiger partial charge on any atom is -0.353 e. The highest BCUT2D eigenvalue weighted by molar-refractivity contribution is 7.89. The van der Waals surface area contributed by atoms with Gasteiger partial charge in [0.25, 0.3) is 0 Å². The Hall–Kier alpha value is -1.11. The number of benzene rings is 1. The highest BCUT2D eigenvalue weighted by Crippen LogP contribution is 2.32. The van der Waals surface area contributed by atoms with Crippen LogP contribution in [0.3, 0.4) is 0 Å². The van der Waals surface area contributed by atoms with Crippen molar-refractivity contribution in [2.75, 3.05) is 13.1 Å². The van der Waals surface area contributed by atoms with Crippen molar-refractivity contribution in [3.8, 4) is 0 Å². The van der Waals surface area contributed by atoms with Gasteiger partial charge < -0.3 is 5.32 Å². The van der Waals surface area contributed by atoms with Crippen LogP contribution in [0.25, 0.3) is 0 Å². The molecule has 1 aliphatic carbocycles. The van der Waals surface area contributed by atoms with Crippen molar-refractivity contribution >= 4 is 27.5 Å². The van der Waals surface area contributed by atoms with Gasteiger partial charge in [-0.3, -0.25) is 4.79 Å². The third-order valence-electron chi connectivity index (χ3n) is 4.91. The average Bonchev–Trinajstić information content (AvgIpc) is 3.40. The number of sulfonamides is 1. The van der Waals surface area contributed by atoms with Gasteiger partial charge in [0.1, 0.15) is 0 Å². The monoisotopic (exact) mass is 370 g/mol. The van der Waals surface area contributed by atoms with Gasteiger partial charge in [0.15, 0.2) is 0 Å². The first-order chi connectivity index (χ1) is 11.4. The van der Waals surface area contributed by atoms with E-state index in [0.717, 1.165) is 6.42 Å². The molecular formula is C17H23ClN2O3S. The number of nitrogens with zero attached hydrogens (tertiary/aromatic N) is 1. The maximum Gasteiger partial charge on any atom is 0.243 e. The summed E-state index contributed by atoms with van der Waals surface area (Å²) in [5.41, 5.74) is 0. The van der Waals surface area contributed by atoms with Gasteiger partial charge in [-0.25, -0.2) is 8.42 Å². The average molecular weight is 371 g/mol. The SMILES string of the molecule is CC(NC(=O)C1CCCN(S(=O)(=O)c2ccc(Cl)cc2)C1)C1CC1. The number of amides is 1. The molecule has 1 aromatic rings. The van der Waals surface area contributed by atoms with Gasteiger partial charge in [0, 0.05) is 24.2 Å². The molecule has 1 aliphatic heterocycles. The number of hydrogen-bond donors (Lipinski definition) is 1. The first-order valence-corrected chi connectivity index (χ1v) is 10.3. The highest BCUT2D eigenvalue weighted by Gasteiger charge is 2.35. The molecule has 2 fully saturated rings. The third kappa shape index (κ3) is 3.92. The number of halogens is 1. The van der Waals surface area contributed by atoms with Crippen LogP contribution in [0.1, 0.15) is 32.6 Å². The summed E-state index contributed by atoms with van der Waals surface area (Å²) in [6, 6.07) is 6.34. The van der Waals surface area contributed by atoms with Gasteiger partial charge in [-0.2, -0.15) is 4.31 Å². The van der Waals surface area contributed by atoms with Crippen LogP contribution in [0, 0.1) is 11.8 Å². The fraction of sp³-hybridized carbons (Fsp3) is 0.588. The maximum absolute atomic E-state index is 12.8. The molecule has 1 amide bonds. The molecule has 24 heavy (non-hydrogen) atoms. The molecule has 2 atom stereocenters. The molecule has 132 valence electrons. The molecule has 0 aromatic heterocycles. The van der Waals surface area contributed by atoms with Crippen LogP contribution in [0.2, 0.25) is 5.02 Å². The predicted molar refractivity (Wildman–Crippen MR) is 93.3 cm³/mol. The molecule has 2 unspecified atom stereocenters. The molecule has 0 spiro atoms. The van der Waals surface area contributed by atoms with Crippen molar-refractivity contribution in [1.82, 2.24) is 9.62 Å². The standard InChI is InChI=1S/C17H23ClN2O3S/c1-12(13-4-5-13)19-17(21)14-3-2-10-20(11-14)24(22,23)16-8-6-15(18)7-9-16/h6-9,12-14H,2-5,10-11H2,1H3,(H,19,21). The summed E-state index contributed by atoms with van der Waals surface area (Å²) in [7, 11) is -3.58. The number of nitrogens with one attached hydrogen (secondary N) is 1. The summed E-state index contributed by atoms with van der Waals surface area (Å²) >= 11 is 5.83. The van der Waals surface area contributed by atoms with Crippen LogP contribution in [-0.4, -0.2) is 37.8 Å². The molecule has 7 heteroatoms. The van der Waals surface area contributed by atoms with Crippen molar-refractivity contribution < 1.29 is 13.2 Å². The van der Waals surface area contributed by atoms with E-state index in [2.05, 4.69) is 5.32 Å². The minimum atomic E-state index is -3.58. The van der Waals surface area contributed by atoms with Gasteiger partial charge in [-0.1, -0.05) is 11.6 Å². The van der Waals surface area contributed by atoms with E-state index in [-0.39, 0.29) is 29.3 Å². The molecule has 1 aromatic carbocycles. The van der Waals surface area contributed by atoms with E-state index in [1.54, 1.807) is 12.1 Å². The molecule has 0 radical (unpaired) electrons. The Kier molecular flexibility index (Phi) is 5.18. The Morgan fingerprint density at radius 2 is 1.92 bits per heavy atom. The second-order valence-corrected chi connectivity index (χ2v) is 9.17. The summed E-state index contributed by atoms with van der Waals surface area (Å²) in [6.45, 7) is 2.72. The van der Waals surface area contributed by atoms with Crippen molar-refractivity contribution in [3.63, 3.8) is 0 Å². The number of rotatable bonds is 5. The molecule has 1 saturated heterocycles. The lowest BCUT2D eigenvalue weighted by Gasteiger charge is -2.32. The predicted octanol–water partition coefficient (Wildman–Crippen LogP) is 2.66. The largest absolute Gasteiger partial charge is 0.353 e. The van der Waals surface area contributed by atoms with Crippen molar-refractivity contribution in [2.24, 2.45) is 11.8 Å². The van der Waals surface area contributed by atoms with Crippen molar-refractivity contribution in [3.05, 3.63) is 29.3 Å². The Balaban J connectivity index is 1.67. The Morgan fingerprint density at radius 1 is 1.25 bits per heavy atom. The molecule has 5 nitrogen and oxygen atoms in total. The first-order valence-electron chi connectivity index (χ1n) is 8.44. The number of hydrogen-bond acceptors (Lipinski definition) is 3. The Bertz CT molecular complexity index is 701. The summed E-state index contributed by atoms with van der Waals surface area (Å²) in [5.74, 6) is 0.291. The van der Waals surface area contributed by atoms with E-state index >= 15 is 0 Å². The van der Waals surface area contributed by atoms with E-state index in [1.165, 1.54) is 29.3 Å². The summed E-state index contributed by atoms with van der Waals surface area (Å²) in [6.07, 6.45) is 3.77. The fourth-order valence-corrected chi connectivity index (χ4v) is 4.84.